The highest BCUT2D eigenvalue weighted by atomic mass is 19.4. The van der Waals surface area contributed by atoms with Gasteiger partial charge in [-0.05, 0) is 30.3 Å². The van der Waals surface area contributed by atoms with Gasteiger partial charge < -0.3 is 15.2 Å². The van der Waals surface area contributed by atoms with Crippen molar-refractivity contribution in [2.45, 2.75) is 6.18 Å². The number of halogens is 3. The van der Waals surface area contributed by atoms with Crippen molar-refractivity contribution < 1.29 is 23.4 Å². The van der Waals surface area contributed by atoms with Gasteiger partial charge in [-0.15, -0.1) is 0 Å². The van der Waals surface area contributed by atoms with E-state index in [4.69, 9.17) is 0 Å². The third-order valence-electron chi connectivity index (χ3n) is 3.21. The van der Waals surface area contributed by atoms with Gasteiger partial charge in [0, 0.05) is 6.07 Å². The molecule has 8 heteroatoms. The summed E-state index contributed by atoms with van der Waals surface area (Å²) >= 11 is 0. The molecule has 0 spiro atoms. The van der Waals surface area contributed by atoms with E-state index in [1.807, 2.05) is 0 Å². The number of imidazole rings is 1. The first kappa shape index (κ1) is 14.1. The Morgan fingerprint density at radius 1 is 1.05 bits per heavy atom. The van der Waals surface area contributed by atoms with E-state index in [-0.39, 0.29) is 28.2 Å². The van der Waals surface area contributed by atoms with Crippen LogP contribution in [0.15, 0.2) is 41.2 Å². The zero-order valence-electron chi connectivity index (χ0n) is 10.8. The molecule has 0 atom stereocenters. The van der Waals surface area contributed by atoms with Crippen molar-refractivity contribution in [1.29, 1.82) is 0 Å². The van der Waals surface area contributed by atoms with E-state index in [1.54, 1.807) is 0 Å². The maximum absolute atomic E-state index is 12.7. The number of H-pyrrole nitrogens is 1. The van der Waals surface area contributed by atoms with Gasteiger partial charge in [0.25, 0.3) is 0 Å². The van der Waals surface area contributed by atoms with E-state index in [2.05, 4.69) is 4.98 Å². The van der Waals surface area contributed by atoms with Crippen LogP contribution in [0, 0.1) is 0 Å². The number of aromatic amines is 1. The van der Waals surface area contributed by atoms with Crippen molar-refractivity contribution in [3.05, 3.63) is 52.4 Å². The molecule has 3 N–H and O–H groups in total. The Balaban J connectivity index is 2.27. The van der Waals surface area contributed by atoms with E-state index in [9.17, 15) is 28.2 Å². The Labute approximate surface area is 120 Å². The molecule has 0 bridgehead atoms. The Kier molecular flexibility index (Phi) is 2.91. The van der Waals surface area contributed by atoms with Crippen LogP contribution in [0.5, 0.6) is 11.5 Å². The van der Waals surface area contributed by atoms with Crippen LogP contribution in [-0.2, 0) is 6.18 Å². The molecule has 0 radical (unpaired) electrons. The van der Waals surface area contributed by atoms with Crippen LogP contribution in [0.1, 0.15) is 5.56 Å². The molecule has 0 amide bonds. The summed E-state index contributed by atoms with van der Waals surface area (Å²) in [6.07, 6.45) is -4.52. The summed E-state index contributed by atoms with van der Waals surface area (Å²) in [4.78, 5) is 14.3. The molecule has 2 aromatic carbocycles. The molecule has 0 saturated heterocycles. The van der Waals surface area contributed by atoms with Crippen molar-refractivity contribution in [2.24, 2.45) is 0 Å². The van der Waals surface area contributed by atoms with Crippen molar-refractivity contribution >= 4 is 11.0 Å². The lowest BCUT2D eigenvalue weighted by molar-refractivity contribution is -0.137. The molecule has 5 nitrogen and oxygen atoms in total. The van der Waals surface area contributed by atoms with E-state index >= 15 is 0 Å². The molecule has 0 aliphatic heterocycles. The first-order valence-electron chi connectivity index (χ1n) is 6.12. The number of aromatic nitrogens is 2. The summed E-state index contributed by atoms with van der Waals surface area (Å²) in [6, 6.07) is 6.39. The van der Waals surface area contributed by atoms with Crippen LogP contribution in [-0.4, -0.2) is 19.8 Å². The third kappa shape index (κ3) is 2.18. The van der Waals surface area contributed by atoms with Gasteiger partial charge in [-0.25, -0.2) is 4.79 Å². The molecule has 0 saturated carbocycles. The van der Waals surface area contributed by atoms with Gasteiger partial charge >= 0.3 is 11.9 Å². The van der Waals surface area contributed by atoms with E-state index < -0.39 is 17.4 Å². The Bertz CT molecular complexity index is 925. The van der Waals surface area contributed by atoms with Crippen molar-refractivity contribution in [3.63, 3.8) is 0 Å². The van der Waals surface area contributed by atoms with Crippen LogP contribution < -0.4 is 5.69 Å². The standard InChI is InChI=1S/C14H9F3N2O3/c15-14(16,17)7-1-3-10-9(5-7)18-13(22)19(10)11-4-2-8(20)6-12(11)21/h1-6,20-21H,(H,18,22). The monoisotopic (exact) mass is 310 g/mol. The van der Waals surface area contributed by atoms with Crippen LogP contribution in [0.2, 0.25) is 0 Å². The van der Waals surface area contributed by atoms with Crippen LogP contribution >= 0.6 is 0 Å². The molecule has 0 aliphatic carbocycles. The lowest BCUT2D eigenvalue weighted by Crippen LogP contribution is -2.14. The Morgan fingerprint density at radius 2 is 1.77 bits per heavy atom. The van der Waals surface area contributed by atoms with Gasteiger partial charge in [-0.3, -0.25) is 4.57 Å². The van der Waals surface area contributed by atoms with E-state index in [1.165, 1.54) is 12.1 Å². The SMILES string of the molecule is O=c1[nH]c2cc(C(F)(F)F)ccc2n1-c1ccc(O)cc1O. The second-order valence-electron chi connectivity index (χ2n) is 4.67. The number of hydrogen-bond donors (Lipinski definition) is 3. The van der Waals surface area contributed by atoms with Gasteiger partial charge in [-0.2, -0.15) is 13.2 Å². The first-order chi connectivity index (χ1) is 10.3. The van der Waals surface area contributed by atoms with Gasteiger partial charge in [0.15, 0.2) is 0 Å². The normalized spacial score (nSPS) is 12.0. The zero-order valence-corrected chi connectivity index (χ0v) is 10.8. The summed E-state index contributed by atoms with van der Waals surface area (Å²) in [5, 5.41) is 19.1. The quantitative estimate of drug-likeness (QED) is 0.646. The van der Waals surface area contributed by atoms with Crippen molar-refractivity contribution in [3.8, 4) is 17.2 Å². The first-order valence-corrected chi connectivity index (χ1v) is 6.12. The summed E-state index contributed by atoms with van der Waals surface area (Å²) in [5.74, 6) is -0.573. The fourth-order valence-electron chi connectivity index (χ4n) is 2.23. The molecule has 22 heavy (non-hydrogen) atoms. The topological polar surface area (TPSA) is 78.2 Å². The molecule has 1 aromatic heterocycles. The van der Waals surface area contributed by atoms with Crippen molar-refractivity contribution in [1.82, 2.24) is 9.55 Å². The lowest BCUT2D eigenvalue weighted by atomic mass is 10.2. The maximum Gasteiger partial charge on any atom is 0.416 e. The van der Waals surface area contributed by atoms with Crippen molar-refractivity contribution in [2.75, 3.05) is 0 Å². The minimum atomic E-state index is -4.52. The maximum atomic E-state index is 12.7. The fourth-order valence-corrected chi connectivity index (χ4v) is 2.23. The number of aromatic hydroxyl groups is 2. The molecule has 0 fully saturated rings. The predicted octanol–water partition coefficient (Wildman–Crippen LogP) is 2.75. The minimum Gasteiger partial charge on any atom is -0.508 e. The third-order valence-corrected chi connectivity index (χ3v) is 3.21. The highest BCUT2D eigenvalue weighted by Crippen LogP contribution is 2.32. The number of phenolic OH excluding ortho intramolecular Hbond substituents is 2. The number of rotatable bonds is 1. The zero-order chi connectivity index (χ0) is 16.1. The van der Waals surface area contributed by atoms with Gasteiger partial charge in [0.2, 0.25) is 0 Å². The van der Waals surface area contributed by atoms with Gasteiger partial charge in [0.1, 0.15) is 11.5 Å². The summed E-state index contributed by atoms with van der Waals surface area (Å²) in [6.45, 7) is 0. The number of nitrogens with zero attached hydrogens (tertiary/aromatic N) is 1. The molecule has 3 rings (SSSR count). The fraction of sp³-hybridized carbons (Fsp3) is 0.0714. The smallest absolute Gasteiger partial charge is 0.416 e. The second kappa shape index (κ2) is 4.55. The summed E-state index contributed by atoms with van der Waals surface area (Å²) in [7, 11) is 0. The summed E-state index contributed by atoms with van der Waals surface area (Å²) < 4.78 is 39.1. The molecule has 114 valence electrons. The lowest BCUT2D eigenvalue weighted by Gasteiger charge is -2.08. The predicted molar refractivity (Wildman–Crippen MR) is 72.2 cm³/mol. The molecule has 1 heterocycles. The van der Waals surface area contributed by atoms with Gasteiger partial charge in [0.05, 0.1) is 22.3 Å². The average Bonchev–Trinajstić information content (AvgIpc) is 2.73. The second-order valence-corrected chi connectivity index (χ2v) is 4.67. The number of fused-ring (bicyclic) bond motifs is 1. The van der Waals surface area contributed by atoms with E-state index in [0.29, 0.717) is 0 Å². The molecule has 0 unspecified atom stereocenters. The number of nitrogens with one attached hydrogen (secondary N) is 1. The average molecular weight is 310 g/mol. The minimum absolute atomic E-state index is 0.00713. The number of phenols is 2. The largest absolute Gasteiger partial charge is 0.508 e. The van der Waals surface area contributed by atoms with Crippen LogP contribution in [0.25, 0.3) is 16.7 Å². The number of alkyl halides is 3. The van der Waals surface area contributed by atoms with Crippen LogP contribution in [0.3, 0.4) is 0 Å². The Hall–Kier alpha value is -2.90. The van der Waals surface area contributed by atoms with Gasteiger partial charge in [-0.1, -0.05) is 0 Å². The molecular weight excluding hydrogens is 301 g/mol. The Morgan fingerprint density at radius 3 is 2.41 bits per heavy atom. The molecular formula is C14H9F3N2O3. The highest BCUT2D eigenvalue weighted by Gasteiger charge is 2.31. The summed E-state index contributed by atoms with van der Waals surface area (Å²) in [5.41, 5.74) is -1.36. The number of hydrogen-bond acceptors (Lipinski definition) is 3. The highest BCUT2D eigenvalue weighted by molar-refractivity contribution is 5.79. The van der Waals surface area contributed by atoms with E-state index in [0.717, 1.165) is 28.8 Å². The van der Waals surface area contributed by atoms with Crippen LogP contribution in [0.4, 0.5) is 13.2 Å². The molecule has 0 aliphatic rings. The number of benzene rings is 2. The molecule has 3 aromatic rings.